The summed E-state index contributed by atoms with van der Waals surface area (Å²) in [5, 5.41) is 6.03. The molecule has 0 atom stereocenters. The third-order valence-electron chi connectivity index (χ3n) is 4.49. The van der Waals surface area contributed by atoms with Crippen molar-refractivity contribution in [3.63, 3.8) is 0 Å². The van der Waals surface area contributed by atoms with Crippen LogP contribution in [0.4, 0.5) is 0 Å². The molecule has 0 bridgehead atoms. The first-order valence-corrected chi connectivity index (χ1v) is 7.65. The largest absolute Gasteiger partial charge is 0.354 e. The van der Waals surface area contributed by atoms with Crippen LogP contribution in [-0.4, -0.2) is 26.0 Å². The molecule has 0 saturated heterocycles. The molecule has 1 fully saturated rings. The maximum Gasteiger partial charge on any atom is 0.233 e. The normalized spacial score (nSPS) is 17.7. The number of rotatable bonds is 5. The third kappa shape index (κ3) is 3.40. The van der Waals surface area contributed by atoms with Crippen molar-refractivity contribution in [2.45, 2.75) is 44.4 Å². The first-order valence-electron chi connectivity index (χ1n) is 7.65. The van der Waals surface area contributed by atoms with E-state index in [-0.39, 0.29) is 11.3 Å². The number of likely N-dealkylation sites (N-methyl/N-ethyl adjacent to an activating group) is 1. The summed E-state index contributed by atoms with van der Waals surface area (Å²) in [6.45, 7) is 3.34. The van der Waals surface area contributed by atoms with Crippen molar-refractivity contribution < 1.29 is 4.79 Å². The summed E-state index contributed by atoms with van der Waals surface area (Å²) in [7, 11) is 1.80. The number of aryl methyl sites for hydroxylation is 1. The van der Waals surface area contributed by atoms with Gasteiger partial charge in [0.15, 0.2) is 0 Å². The van der Waals surface area contributed by atoms with Crippen LogP contribution in [0.25, 0.3) is 0 Å². The summed E-state index contributed by atoms with van der Waals surface area (Å²) in [6.07, 6.45) is 6.19. The average Bonchev–Trinajstić information content (AvgIpc) is 2.47. The van der Waals surface area contributed by atoms with Gasteiger partial charge in [0.25, 0.3) is 0 Å². The molecular formula is C17H26N2O. The van der Waals surface area contributed by atoms with Gasteiger partial charge < -0.3 is 10.6 Å². The van der Waals surface area contributed by atoms with E-state index in [1.807, 2.05) is 0 Å². The molecule has 1 aromatic carbocycles. The van der Waals surface area contributed by atoms with Gasteiger partial charge in [-0.2, -0.15) is 0 Å². The number of nitrogens with one attached hydrogen (secondary N) is 2. The standard InChI is InChI=1S/C17H26N2O/c1-14-8-4-5-9-15(14)17(10-6-3-7-11-17)13-19-16(20)12-18-2/h4-5,8-9,18H,3,6-7,10-13H2,1-2H3,(H,19,20). The van der Waals surface area contributed by atoms with Gasteiger partial charge in [-0.3, -0.25) is 4.79 Å². The van der Waals surface area contributed by atoms with E-state index in [1.165, 1.54) is 43.2 Å². The number of carbonyl (C=O) groups is 1. The molecule has 0 radical (unpaired) electrons. The SMILES string of the molecule is CNCC(=O)NCC1(c2ccccc2C)CCCCC1. The second kappa shape index (κ2) is 6.89. The first-order chi connectivity index (χ1) is 9.68. The molecule has 0 spiro atoms. The lowest BCUT2D eigenvalue weighted by Crippen LogP contribution is -2.44. The van der Waals surface area contributed by atoms with Crippen molar-refractivity contribution in [2.75, 3.05) is 20.1 Å². The van der Waals surface area contributed by atoms with Crippen molar-refractivity contribution in [3.8, 4) is 0 Å². The molecule has 2 N–H and O–H groups in total. The van der Waals surface area contributed by atoms with E-state index in [0.29, 0.717) is 6.54 Å². The van der Waals surface area contributed by atoms with E-state index in [4.69, 9.17) is 0 Å². The number of benzene rings is 1. The molecule has 1 aromatic rings. The van der Waals surface area contributed by atoms with Gasteiger partial charge in [0, 0.05) is 12.0 Å². The highest BCUT2D eigenvalue weighted by molar-refractivity contribution is 5.78. The Morgan fingerprint density at radius 1 is 1.20 bits per heavy atom. The van der Waals surface area contributed by atoms with Crippen LogP contribution >= 0.6 is 0 Å². The smallest absolute Gasteiger partial charge is 0.233 e. The number of carbonyl (C=O) groups excluding carboxylic acids is 1. The molecule has 0 unspecified atom stereocenters. The predicted molar refractivity (Wildman–Crippen MR) is 82.9 cm³/mol. The van der Waals surface area contributed by atoms with Crippen LogP contribution in [0.1, 0.15) is 43.2 Å². The molecule has 20 heavy (non-hydrogen) atoms. The van der Waals surface area contributed by atoms with Gasteiger partial charge in [0.2, 0.25) is 5.91 Å². The average molecular weight is 274 g/mol. The summed E-state index contributed by atoms with van der Waals surface area (Å²) in [5.74, 6) is 0.0889. The Bertz CT molecular complexity index is 450. The predicted octanol–water partition coefficient (Wildman–Crippen LogP) is 2.53. The second-order valence-electron chi connectivity index (χ2n) is 5.96. The molecular weight excluding hydrogens is 248 g/mol. The van der Waals surface area contributed by atoms with E-state index >= 15 is 0 Å². The topological polar surface area (TPSA) is 41.1 Å². The number of hydrogen-bond donors (Lipinski definition) is 2. The molecule has 110 valence electrons. The summed E-state index contributed by atoms with van der Waals surface area (Å²) < 4.78 is 0. The first kappa shape index (κ1) is 15.0. The molecule has 1 amide bonds. The van der Waals surface area contributed by atoms with Gasteiger partial charge in [0.1, 0.15) is 0 Å². The van der Waals surface area contributed by atoms with Crippen LogP contribution < -0.4 is 10.6 Å². The molecule has 1 aliphatic rings. The van der Waals surface area contributed by atoms with Gasteiger partial charge in [0.05, 0.1) is 6.54 Å². The fourth-order valence-electron chi connectivity index (χ4n) is 3.43. The van der Waals surface area contributed by atoms with Crippen LogP contribution in [0.5, 0.6) is 0 Å². The number of amides is 1. The summed E-state index contributed by atoms with van der Waals surface area (Å²) in [4.78, 5) is 11.8. The minimum atomic E-state index is 0.0889. The Morgan fingerprint density at radius 2 is 1.90 bits per heavy atom. The zero-order chi connectivity index (χ0) is 14.4. The van der Waals surface area contributed by atoms with Gasteiger partial charge >= 0.3 is 0 Å². The lowest BCUT2D eigenvalue weighted by molar-refractivity contribution is -0.120. The van der Waals surface area contributed by atoms with E-state index < -0.39 is 0 Å². The van der Waals surface area contributed by atoms with Gasteiger partial charge in [-0.25, -0.2) is 0 Å². The molecule has 0 aliphatic heterocycles. The van der Waals surface area contributed by atoms with Crippen molar-refractivity contribution in [1.82, 2.24) is 10.6 Å². The van der Waals surface area contributed by atoms with Gasteiger partial charge in [-0.05, 0) is 37.9 Å². The lowest BCUT2D eigenvalue weighted by atomic mass is 9.68. The molecule has 0 aromatic heterocycles. The van der Waals surface area contributed by atoms with E-state index in [9.17, 15) is 4.79 Å². The van der Waals surface area contributed by atoms with Gasteiger partial charge in [-0.1, -0.05) is 43.5 Å². The van der Waals surface area contributed by atoms with Gasteiger partial charge in [-0.15, -0.1) is 0 Å². The number of hydrogen-bond acceptors (Lipinski definition) is 2. The Balaban J connectivity index is 2.18. The zero-order valence-corrected chi connectivity index (χ0v) is 12.7. The van der Waals surface area contributed by atoms with Crippen LogP contribution in [0.3, 0.4) is 0 Å². The highest BCUT2D eigenvalue weighted by atomic mass is 16.1. The fourth-order valence-corrected chi connectivity index (χ4v) is 3.43. The minimum Gasteiger partial charge on any atom is -0.354 e. The third-order valence-corrected chi connectivity index (χ3v) is 4.49. The Labute approximate surface area is 122 Å². The fraction of sp³-hybridized carbons (Fsp3) is 0.588. The quantitative estimate of drug-likeness (QED) is 0.866. The highest BCUT2D eigenvalue weighted by Gasteiger charge is 2.35. The zero-order valence-electron chi connectivity index (χ0n) is 12.7. The maximum absolute atomic E-state index is 11.8. The Hall–Kier alpha value is -1.35. The molecule has 3 heteroatoms. The monoisotopic (exact) mass is 274 g/mol. The molecule has 0 heterocycles. The summed E-state index contributed by atoms with van der Waals surface area (Å²) >= 11 is 0. The molecule has 2 rings (SSSR count). The highest BCUT2D eigenvalue weighted by Crippen LogP contribution is 2.40. The van der Waals surface area contributed by atoms with Crippen molar-refractivity contribution in [3.05, 3.63) is 35.4 Å². The van der Waals surface area contributed by atoms with Crippen molar-refractivity contribution in [2.24, 2.45) is 0 Å². The van der Waals surface area contributed by atoms with Crippen molar-refractivity contribution >= 4 is 5.91 Å². The minimum absolute atomic E-state index is 0.0889. The Kier molecular flexibility index (Phi) is 5.18. The van der Waals surface area contributed by atoms with E-state index in [0.717, 1.165) is 6.54 Å². The maximum atomic E-state index is 11.8. The van der Waals surface area contributed by atoms with E-state index in [2.05, 4.69) is 41.8 Å². The van der Waals surface area contributed by atoms with Crippen LogP contribution in [-0.2, 0) is 10.2 Å². The van der Waals surface area contributed by atoms with Crippen molar-refractivity contribution in [1.29, 1.82) is 0 Å². The van der Waals surface area contributed by atoms with Crippen LogP contribution in [0, 0.1) is 6.92 Å². The second-order valence-corrected chi connectivity index (χ2v) is 5.96. The molecule has 3 nitrogen and oxygen atoms in total. The molecule has 1 saturated carbocycles. The van der Waals surface area contributed by atoms with Crippen LogP contribution in [0.15, 0.2) is 24.3 Å². The van der Waals surface area contributed by atoms with E-state index in [1.54, 1.807) is 7.05 Å². The summed E-state index contributed by atoms with van der Waals surface area (Å²) in [6, 6.07) is 8.63. The van der Waals surface area contributed by atoms with Crippen LogP contribution in [0.2, 0.25) is 0 Å². The molecule has 1 aliphatic carbocycles. The lowest BCUT2D eigenvalue weighted by Gasteiger charge is -2.39. The summed E-state index contributed by atoms with van der Waals surface area (Å²) in [5.41, 5.74) is 2.90. The Morgan fingerprint density at radius 3 is 2.55 bits per heavy atom.